The van der Waals surface area contributed by atoms with Crippen molar-refractivity contribution in [1.82, 2.24) is 0 Å². The minimum absolute atomic E-state index is 0.592. The number of nitrogens with two attached hydrogens (primary N) is 3. The lowest BCUT2D eigenvalue weighted by atomic mass is 10.1. The molecule has 3 aromatic rings. The van der Waals surface area contributed by atoms with Gasteiger partial charge < -0.3 is 31.4 Å². The zero-order valence-electron chi connectivity index (χ0n) is 16.1. The molecule has 3 aromatic carbocycles. The van der Waals surface area contributed by atoms with Crippen molar-refractivity contribution in [3.63, 3.8) is 0 Å². The molecule has 28 heavy (non-hydrogen) atoms. The Bertz CT molecular complexity index is 864. The number of ether oxygens (including phenoxy) is 3. The average molecular weight is 380 g/mol. The van der Waals surface area contributed by atoms with Crippen LogP contribution in [0, 0.1) is 0 Å². The molecule has 0 amide bonds. The van der Waals surface area contributed by atoms with Gasteiger partial charge in [-0.2, -0.15) is 0 Å². The second kappa shape index (κ2) is 7.87. The zero-order chi connectivity index (χ0) is 20.3. The molecule has 0 radical (unpaired) electrons. The highest BCUT2D eigenvalue weighted by atomic mass is 16.5. The van der Waals surface area contributed by atoms with Crippen LogP contribution in [0.4, 0.5) is 34.1 Å². The number of methoxy groups -OCH3 is 3. The number of hydrogen-bond acceptors (Lipinski definition) is 7. The molecular formula is C21H24N4O3. The predicted molar refractivity (Wildman–Crippen MR) is 114 cm³/mol. The van der Waals surface area contributed by atoms with E-state index in [-0.39, 0.29) is 0 Å². The van der Waals surface area contributed by atoms with Crippen LogP contribution in [0.25, 0.3) is 0 Å². The monoisotopic (exact) mass is 380 g/mol. The molecule has 0 unspecified atom stereocenters. The highest BCUT2D eigenvalue weighted by Crippen LogP contribution is 2.48. The third-order valence-corrected chi connectivity index (χ3v) is 4.33. The van der Waals surface area contributed by atoms with E-state index in [2.05, 4.69) is 0 Å². The molecular weight excluding hydrogens is 356 g/mol. The Morgan fingerprint density at radius 2 is 0.821 bits per heavy atom. The van der Waals surface area contributed by atoms with Crippen molar-refractivity contribution in [2.75, 3.05) is 43.4 Å². The number of anilines is 6. The number of nitrogens with zero attached hydrogens (tertiary/aromatic N) is 1. The SMILES string of the molecule is COc1cc(N)ccc1N(c1ccc(N)cc1OC)c1ccc(N)cc1OC. The van der Waals surface area contributed by atoms with Gasteiger partial charge in [0.05, 0.1) is 38.4 Å². The summed E-state index contributed by atoms with van der Waals surface area (Å²) >= 11 is 0. The van der Waals surface area contributed by atoms with Crippen LogP contribution in [0.3, 0.4) is 0 Å². The summed E-state index contributed by atoms with van der Waals surface area (Å²) in [5, 5.41) is 0. The number of benzene rings is 3. The molecule has 7 heteroatoms. The zero-order valence-corrected chi connectivity index (χ0v) is 16.1. The first-order valence-corrected chi connectivity index (χ1v) is 8.59. The third-order valence-electron chi connectivity index (χ3n) is 4.33. The first kappa shape index (κ1) is 19.0. The van der Waals surface area contributed by atoms with E-state index in [9.17, 15) is 0 Å². The molecule has 0 aliphatic carbocycles. The van der Waals surface area contributed by atoms with Crippen LogP contribution >= 0.6 is 0 Å². The molecule has 0 fully saturated rings. The van der Waals surface area contributed by atoms with Crippen molar-refractivity contribution in [2.45, 2.75) is 0 Å². The number of rotatable bonds is 6. The topological polar surface area (TPSA) is 109 Å². The van der Waals surface area contributed by atoms with Gasteiger partial charge in [0.15, 0.2) is 0 Å². The fraction of sp³-hybridized carbons (Fsp3) is 0.143. The normalized spacial score (nSPS) is 10.4. The predicted octanol–water partition coefficient (Wildman–Crippen LogP) is 3.93. The first-order chi connectivity index (χ1) is 13.5. The lowest BCUT2D eigenvalue weighted by Gasteiger charge is -2.29. The summed E-state index contributed by atoms with van der Waals surface area (Å²) in [5.74, 6) is 1.79. The maximum Gasteiger partial charge on any atom is 0.144 e. The quantitative estimate of drug-likeness (QED) is 0.556. The fourth-order valence-electron chi connectivity index (χ4n) is 3.03. The molecule has 0 spiro atoms. The summed E-state index contributed by atoms with van der Waals surface area (Å²) < 4.78 is 16.8. The molecule has 7 nitrogen and oxygen atoms in total. The van der Waals surface area contributed by atoms with Crippen LogP contribution in [0.15, 0.2) is 54.6 Å². The first-order valence-electron chi connectivity index (χ1n) is 8.59. The maximum absolute atomic E-state index is 5.95. The molecule has 0 bridgehead atoms. The molecule has 3 rings (SSSR count). The summed E-state index contributed by atoms with van der Waals surface area (Å²) in [6, 6.07) is 16.3. The van der Waals surface area contributed by atoms with E-state index in [0.29, 0.717) is 34.3 Å². The standard InChI is InChI=1S/C21H24N4O3/c1-26-19-10-13(22)4-7-16(19)25(17-8-5-14(23)11-20(17)27-2)18-9-6-15(24)12-21(18)28-3/h4-12H,22-24H2,1-3H3. The fourth-order valence-corrected chi connectivity index (χ4v) is 3.03. The van der Waals surface area contributed by atoms with E-state index in [1.54, 1.807) is 57.7 Å². The third kappa shape index (κ3) is 3.55. The van der Waals surface area contributed by atoms with Gasteiger partial charge in [-0.1, -0.05) is 0 Å². The van der Waals surface area contributed by atoms with Crippen LogP contribution in [-0.4, -0.2) is 21.3 Å². The van der Waals surface area contributed by atoms with Crippen LogP contribution < -0.4 is 36.3 Å². The molecule has 0 aromatic heterocycles. The second-order valence-electron chi connectivity index (χ2n) is 6.13. The van der Waals surface area contributed by atoms with Gasteiger partial charge in [0.1, 0.15) is 17.2 Å². The Balaban J connectivity index is 2.33. The van der Waals surface area contributed by atoms with E-state index >= 15 is 0 Å². The molecule has 0 atom stereocenters. The van der Waals surface area contributed by atoms with Crippen molar-refractivity contribution in [3.8, 4) is 17.2 Å². The van der Waals surface area contributed by atoms with Crippen molar-refractivity contribution < 1.29 is 14.2 Å². The lowest BCUT2D eigenvalue weighted by molar-refractivity contribution is 0.410. The van der Waals surface area contributed by atoms with Crippen LogP contribution in [0.1, 0.15) is 0 Å². The van der Waals surface area contributed by atoms with Crippen molar-refractivity contribution >= 4 is 34.1 Å². The van der Waals surface area contributed by atoms with Crippen LogP contribution in [0.5, 0.6) is 17.2 Å². The summed E-state index contributed by atoms with van der Waals surface area (Å²) in [4.78, 5) is 1.95. The van der Waals surface area contributed by atoms with E-state index in [1.807, 2.05) is 23.1 Å². The number of hydrogen-bond donors (Lipinski definition) is 3. The molecule has 0 aliphatic heterocycles. The maximum atomic E-state index is 5.95. The molecule has 0 saturated heterocycles. The van der Waals surface area contributed by atoms with E-state index < -0.39 is 0 Å². The summed E-state index contributed by atoms with van der Waals surface area (Å²) in [5.41, 5.74) is 21.9. The van der Waals surface area contributed by atoms with E-state index in [0.717, 1.165) is 17.1 Å². The Morgan fingerprint density at radius 3 is 1.07 bits per heavy atom. The van der Waals surface area contributed by atoms with Gasteiger partial charge in [-0.3, -0.25) is 4.90 Å². The van der Waals surface area contributed by atoms with Crippen molar-refractivity contribution in [3.05, 3.63) is 54.6 Å². The van der Waals surface area contributed by atoms with Gasteiger partial charge >= 0.3 is 0 Å². The van der Waals surface area contributed by atoms with Gasteiger partial charge in [0.25, 0.3) is 0 Å². The van der Waals surface area contributed by atoms with Gasteiger partial charge in [-0.15, -0.1) is 0 Å². The minimum Gasteiger partial charge on any atom is -0.494 e. The Hall–Kier alpha value is -3.74. The largest absolute Gasteiger partial charge is 0.494 e. The molecule has 0 saturated carbocycles. The molecule has 6 N–H and O–H groups in total. The summed E-state index contributed by atoms with van der Waals surface area (Å²) in [7, 11) is 4.78. The van der Waals surface area contributed by atoms with Gasteiger partial charge in [0, 0.05) is 35.3 Å². The van der Waals surface area contributed by atoms with E-state index in [4.69, 9.17) is 31.4 Å². The Kier molecular flexibility index (Phi) is 5.35. The minimum atomic E-state index is 0.592. The molecule has 146 valence electrons. The highest BCUT2D eigenvalue weighted by molar-refractivity contribution is 5.87. The Labute approximate surface area is 164 Å². The summed E-state index contributed by atoms with van der Waals surface area (Å²) in [6.45, 7) is 0. The van der Waals surface area contributed by atoms with E-state index in [1.165, 1.54) is 0 Å². The van der Waals surface area contributed by atoms with Crippen LogP contribution in [0.2, 0.25) is 0 Å². The Morgan fingerprint density at radius 1 is 0.536 bits per heavy atom. The number of nitrogen functional groups attached to an aromatic ring is 3. The average Bonchev–Trinajstić information content (AvgIpc) is 2.70. The molecule has 0 aliphatic rings. The van der Waals surface area contributed by atoms with Crippen LogP contribution in [-0.2, 0) is 0 Å². The smallest absolute Gasteiger partial charge is 0.144 e. The molecule has 0 heterocycles. The van der Waals surface area contributed by atoms with Crippen molar-refractivity contribution in [2.24, 2.45) is 0 Å². The van der Waals surface area contributed by atoms with Gasteiger partial charge in [0.2, 0.25) is 0 Å². The summed E-state index contributed by atoms with van der Waals surface area (Å²) in [6.07, 6.45) is 0. The second-order valence-corrected chi connectivity index (χ2v) is 6.13. The highest BCUT2D eigenvalue weighted by Gasteiger charge is 2.23. The van der Waals surface area contributed by atoms with Gasteiger partial charge in [-0.05, 0) is 36.4 Å². The van der Waals surface area contributed by atoms with Gasteiger partial charge in [-0.25, -0.2) is 0 Å². The lowest BCUT2D eigenvalue weighted by Crippen LogP contribution is -2.14. The van der Waals surface area contributed by atoms with Crippen molar-refractivity contribution in [1.29, 1.82) is 0 Å².